The van der Waals surface area contributed by atoms with E-state index in [4.69, 9.17) is 19.3 Å². The molecular formula is C20H29NO6. The van der Waals surface area contributed by atoms with E-state index in [0.717, 1.165) is 5.56 Å². The molecule has 0 saturated carbocycles. The third-order valence-electron chi connectivity index (χ3n) is 4.44. The number of piperidine rings is 1. The van der Waals surface area contributed by atoms with Gasteiger partial charge in [0.25, 0.3) is 0 Å². The Bertz CT molecular complexity index is 637. The Morgan fingerprint density at radius 2 is 1.89 bits per heavy atom. The Kier molecular flexibility index (Phi) is 7.07. The monoisotopic (exact) mass is 379 g/mol. The van der Waals surface area contributed by atoms with Gasteiger partial charge in [0.2, 0.25) is 0 Å². The molecule has 1 aliphatic rings. The lowest BCUT2D eigenvalue weighted by Crippen LogP contribution is -2.47. The lowest BCUT2D eigenvalue weighted by molar-refractivity contribution is -0.148. The molecule has 7 heteroatoms. The van der Waals surface area contributed by atoms with Crippen molar-refractivity contribution in [3.05, 3.63) is 29.8 Å². The molecule has 1 aromatic rings. The largest absolute Gasteiger partial charge is 0.491 e. The highest BCUT2D eigenvalue weighted by atomic mass is 16.6. The molecule has 27 heavy (non-hydrogen) atoms. The minimum absolute atomic E-state index is 0.0463. The van der Waals surface area contributed by atoms with Gasteiger partial charge in [-0.15, -0.1) is 0 Å². The van der Waals surface area contributed by atoms with E-state index >= 15 is 0 Å². The molecule has 150 valence electrons. The summed E-state index contributed by atoms with van der Waals surface area (Å²) in [4.78, 5) is 26.3. The van der Waals surface area contributed by atoms with E-state index in [9.17, 15) is 9.59 Å². The van der Waals surface area contributed by atoms with Crippen LogP contribution in [0.3, 0.4) is 0 Å². The second-order valence-corrected chi connectivity index (χ2v) is 7.59. The first-order chi connectivity index (χ1) is 12.7. The second kappa shape index (κ2) is 9.08. The fraction of sp³-hybridized carbons (Fsp3) is 0.600. The zero-order chi connectivity index (χ0) is 20.0. The number of likely N-dealkylation sites (tertiary alicyclic amines) is 1. The van der Waals surface area contributed by atoms with Gasteiger partial charge in [0, 0.05) is 19.0 Å². The molecule has 0 bridgehead atoms. The molecule has 1 fully saturated rings. The van der Waals surface area contributed by atoms with Crippen LogP contribution in [0.15, 0.2) is 24.3 Å². The molecule has 0 spiro atoms. The van der Waals surface area contributed by atoms with E-state index in [0.29, 0.717) is 18.7 Å². The summed E-state index contributed by atoms with van der Waals surface area (Å²) in [7, 11) is 1.36. The molecule has 1 amide bonds. The van der Waals surface area contributed by atoms with Crippen LogP contribution < -0.4 is 4.74 Å². The third kappa shape index (κ3) is 5.85. The van der Waals surface area contributed by atoms with Gasteiger partial charge in [-0.3, -0.25) is 4.79 Å². The smallest absolute Gasteiger partial charge is 0.410 e. The number of aliphatic hydroxyl groups excluding tert-OH is 1. The number of amides is 1. The first-order valence-corrected chi connectivity index (χ1v) is 9.14. The van der Waals surface area contributed by atoms with Gasteiger partial charge in [-0.05, 0) is 44.9 Å². The summed E-state index contributed by atoms with van der Waals surface area (Å²) in [6.45, 7) is 6.40. The van der Waals surface area contributed by atoms with Crippen molar-refractivity contribution in [1.82, 2.24) is 4.90 Å². The number of carbonyl (C=O) groups excluding carboxylic acids is 2. The molecule has 1 aliphatic heterocycles. The van der Waals surface area contributed by atoms with E-state index in [1.807, 2.05) is 45.0 Å². The van der Waals surface area contributed by atoms with Gasteiger partial charge in [0.05, 0.1) is 19.6 Å². The number of carbonyl (C=O) groups is 2. The highest BCUT2D eigenvalue weighted by Gasteiger charge is 2.38. The van der Waals surface area contributed by atoms with Gasteiger partial charge < -0.3 is 24.2 Å². The maximum Gasteiger partial charge on any atom is 0.410 e. The predicted molar refractivity (Wildman–Crippen MR) is 99.7 cm³/mol. The van der Waals surface area contributed by atoms with Crippen molar-refractivity contribution >= 4 is 12.1 Å². The Balaban J connectivity index is 2.13. The Hall–Kier alpha value is -2.28. The lowest BCUT2D eigenvalue weighted by Gasteiger charge is -2.38. The van der Waals surface area contributed by atoms with E-state index in [2.05, 4.69) is 0 Å². The van der Waals surface area contributed by atoms with Crippen molar-refractivity contribution in [3.63, 3.8) is 0 Å². The normalized spacial score (nSPS) is 20.1. The molecule has 1 heterocycles. The number of hydrogen-bond donors (Lipinski definition) is 1. The number of hydrogen-bond acceptors (Lipinski definition) is 6. The number of rotatable bonds is 5. The van der Waals surface area contributed by atoms with Crippen molar-refractivity contribution in [1.29, 1.82) is 0 Å². The van der Waals surface area contributed by atoms with Crippen LogP contribution in [-0.4, -0.2) is 61.1 Å². The van der Waals surface area contributed by atoms with Crippen molar-refractivity contribution in [2.24, 2.45) is 5.92 Å². The summed E-state index contributed by atoms with van der Waals surface area (Å²) in [5.74, 6) is -0.189. The van der Waals surface area contributed by atoms with Crippen LogP contribution in [0.2, 0.25) is 0 Å². The molecule has 0 aliphatic carbocycles. The van der Waals surface area contributed by atoms with E-state index in [1.54, 1.807) is 4.90 Å². The second-order valence-electron chi connectivity index (χ2n) is 7.59. The molecule has 0 aromatic heterocycles. The van der Waals surface area contributed by atoms with Crippen molar-refractivity contribution in [3.8, 4) is 5.75 Å². The summed E-state index contributed by atoms with van der Waals surface area (Å²) in [5, 5.41) is 8.83. The van der Waals surface area contributed by atoms with Crippen LogP contribution >= 0.6 is 0 Å². The van der Waals surface area contributed by atoms with Crippen molar-refractivity contribution in [2.75, 3.05) is 33.4 Å². The summed E-state index contributed by atoms with van der Waals surface area (Å²) in [5.41, 5.74) is 0.407. The fourth-order valence-electron chi connectivity index (χ4n) is 3.21. The fourth-order valence-corrected chi connectivity index (χ4v) is 3.21. The summed E-state index contributed by atoms with van der Waals surface area (Å²) in [6.07, 6.45) is 0.221. The molecule has 1 saturated heterocycles. The van der Waals surface area contributed by atoms with Crippen LogP contribution in [0, 0.1) is 5.92 Å². The minimum Gasteiger partial charge on any atom is -0.491 e. The molecule has 7 nitrogen and oxygen atoms in total. The average molecular weight is 379 g/mol. The third-order valence-corrected chi connectivity index (χ3v) is 4.44. The van der Waals surface area contributed by atoms with Crippen LogP contribution in [0.1, 0.15) is 38.7 Å². The number of aliphatic hydroxyl groups is 1. The van der Waals surface area contributed by atoms with Crippen LogP contribution in [0.25, 0.3) is 0 Å². The van der Waals surface area contributed by atoms with E-state index in [-0.39, 0.29) is 31.6 Å². The number of ether oxygens (including phenoxy) is 3. The van der Waals surface area contributed by atoms with Gasteiger partial charge >= 0.3 is 12.1 Å². The van der Waals surface area contributed by atoms with Gasteiger partial charge in [0.15, 0.2) is 0 Å². The number of benzene rings is 1. The molecule has 1 N–H and O–H groups in total. The highest BCUT2D eigenvalue weighted by Crippen LogP contribution is 2.35. The van der Waals surface area contributed by atoms with Crippen LogP contribution in [0.4, 0.5) is 4.79 Å². The van der Waals surface area contributed by atoms with Crippen LogP contribution in [-0.2, 0) is 14.3 Å². The summed E-state index contributed by atoms with van der Waals surface area (Å²) >= 11 is 0. The Morgan fingerprint density at radius 1 is 1.22 bits per heavy atom. The Labute approximate surface area is 160 Å². The topological polar surface area (TPSA) is 85.3 Å². The van der Waals surface area contributed by atoms with Gasteiger partial charge in [-0.2, -0.15) is 0 Å². The first-order valence-electron chi connectivity index (χ1n) is 9.14. The summed E-state index contributed by atoms with van der Waals surface area (Å²) < 4.78 is 15.8. The number of methoxy groups -OCH3 is 1. The van der Waals surface area contributed by atoms with Crippen LogP contribution in [0.5, 0.6) is 5.75 Å². The SMILES string of the molecule is COC(=O)[C@@H]1CN(C(=O)OC(C)(C)C)CC[C@@H]1c1ccc(OCCO)cc1. The predicted octanol–water partition coefficient (Wildman–Crippen LogP) is 2.57. The molecule has 0 unspecified atom stereocenters. The van der Waals surface area contributed by atoms with Gasteiger partial charge in [-0.1, -0.05) is 12.1 Å². The van der Waals surface area contributed by atoms with Crippen molar-refractivity contribution < 1.29 is 28.9 Å². The standard InChI is InChI=1S/C20H29NO6/c1-20(2,3)27-19(24)21-10-9-16(17(13-21)18(23)25-4)14-5-7-15(8-6-14)26-12-11-22/h5-8,16-17,22H,9-13H2,1-4H3/t16-,17-/m1/s1. The van der Waals surface area contributed by atoms with E-state index < -0.39 is 17.6 Å². The molecule has 2 atom stereocenters. The highest BCUT2D eigenvalue weighted by molar-refractivity contribution is 5.76. The maximum absolute atomic E-state index is 12.4. The summed E-state index contributed by atoms with van der Waals surface area (Å²) in [6, 6.07) is 7.46. The van der Waals surface area contributed by atoms with Gasteiger partial charge in [-0.25, -0.2) is 4.79 Å². The van der Waals surface area contributed by atoms with Crippen molar-refractivity contribution in [2.45, 2.75) is 38.7 Å². The molecule has 2 rings (SSSR count). The quantitative estimate of drug-likeness (QED) is 0.792. The van der Waals surface area contributed by atoms with E-state index in [1.165, 1.54) is 7.11 Å². The maximum atomic E-state index is 12.4. The number of nitrogens with zero attached hydrogens (tertiary/aromatic N) is 1. The molecule has 1 aromatic carbocycles. The molecule has 0 radical (unpaired) electrons. The zero-order valence-electron chi connectivity index (χ0n) is 16.4. The van der Waals surface area contributed by atoms with Gasteiger partial charge in [0.1, 0.15) is 18.0 Å². The number of esters is 1. The minimum atomic E-state index is -0.584. The molecular weight excluding hydrogens is 350 g/mol. The first kappa shape index (κ1) is 21.0. The zero-order valence-corrected chi connectivity index (χ0v) is 16.4. The average Bonchev–Trinajstić information content (AvgIpc) is 2.64. The lowest BCUT2D eigenvalue weighted by atomic mass is 9.80. The Morgan fingerprint density at radius 3 is 2.44 bits per heavy atom.